The molecule has 2 rings (SSSR count). The Morgan fingerprint density at radius 2 is 2.20 bits per heavy atom. The Kier molecular flexibility index (Phi) is 3.18. The normalized spacial score (nSPS) is 16.7. The summed E-state index contributed by atoms with van der Waals surface area (Å²) < 4.78 is 2.34. The fraction of sp³-hybridized carbons (Fsp3) is 0.308. The van der Waals surface area contributed by atoms with E-state index in [0.717, 1.165) is 19.5 Å². The van der Waals surface area contributed by atoms with E-state index in [9.17, 15) is 0 Å². The molecule has 1 N–H and O–H groups in total. The number of benzene rings is 1. The van der Waals surface area contributed by atoms with Crippen LogP contribution in [0.5, 0.6) is 0 Å². The Morgan fingerprint density at radius 1 is 1.40 bits per heavy atom. The largest absolute Gasteiger partial charge is 0.277 e. The molecule has 0 aliphatic carbocycles. The molecule has 1 aliphatic rings. The van der Waals surface area contributed by atoms with Gasteiger partial charge in [0.25, 0.3) is 0 Å². The van der Waals surface area contributed by atoms with Gasteiger partial charge in [-0.15, -0.1) is 6.58 Å². The van der Waals surface area contributed by atoms with Gasteiger partial charge in [-0.2, -0.15) is 0 Å². The average Bonchev–Trinajstić information content (AvgIpc) is 2.80. The van der Waals surface area contributed by atoms with Crippen molar-refractivity contribution in [3.63, 3.8) is 0 Å². The number of hydrogen-bond donors (Lipinski definition) is 1. The first-order valence-electron chi connectivity index (χ1n) is 5.40. The molecule has 0 aromatic heterocycles. The summed E-state index contributed by atoms with van der Waals surface area (Å²) in [6.45, 7) is 5.96. The molecule has 0 amide bonds. The number of rotatable bonds is 4. The molecule has 0 fully saturated rings. The van der Waals surface area contributed by atoms with E-state index in [0.29, 0.717) is 6.04 Å². The molecule has 1 heterocycles. The van der Waals surface area contributed by atoms with Crippen molar-refractivity contribution in [3.05, 3.63) is 48.6 Å². The summed E-state index contributed by atoms with van der Waals surface area (Å²) in [5, 5.41) is 3.25. The Morgan fingerprint density at radius 3 is 2.80 bits per heavy atom. The zero-order chi connectivity index (χ0) is 10.5. The lowest BCUT2D eigenvalue weighted by molar-refractivity contribution is -0.559. The molecular formula is C13H17N2+. The van der Waals surface area contributed by atoms with Gasteiger partial charge in [-0.05, 0) is 5.56 Å². The molecule has 2 nitrogen and oxygen atoms in total. The van der Waals surface area contributed by atoms with E-state index in [-0.39, 0.29) is 0 Å². The average molecular weight is 201 g/mol. The van der Waals surface area contributed by atoms with Crippen LogP contribution in [-0.2, 0) is 0 Å². The van der Waals surface area contributed by atoms with E-state index < -0.39 is 0 Å². The van der Waals surface area contributed by atoms with Crippen LogP contribution in [0.1, 0.15) is 18.0 Å². The van der Waals surface area contributed by atoms with Crippen LogP contribution in [0.25, 0.3) is 0 Å². The fourth-order valence-corrected chi connectivity index (χ4v) is 1.98. The summed E-state index contributed by atoms with van der Waals surface area (Å²) in [4.78, 5) is 0. The predicted molar refractivity (Wildman–Crippen MR) is 63.2 cm³/mol. The molecule has 0 bridgehead atoms. The number of nitrogens with zero attached hydrogens (tertiary/aromatic N) is 1. The van der Waals surface area contributed by atoms with Gasteiger partial charge in [0, 0.05) is 6.42 Å². The molecule has 1 unspecified atom stereocenters. The maximum absolute atomic E-state index is 3.84. The van der Waals surface area contributed by atoms with E-state index in [1.54, 1.807) is 0 Å². The summed E-state index contributed by atoms with van der Waals surface area (Å²) in [5.74, 6) is 0. The van der Waals surface area contributed by atoms with Gasteiger partial charge in [-0.1, -0.05) is 36.4 Å². The maximum Gasteiger partial charge on any atom is 0.232 e. The molecule has 1 aliphatic heterocycles. The fourth-order valence-electron chi connectivity index (χ4n) is 1.98. The summed E-state index contributed by atoms with van der Waals surface area (Å²) >= 11 is 0. The van der Waals surface area contributed by atoms with Crippen LogP contribution >= 0.6 is 0 Å². The minimum Gasteiger partial charge on any atom is -0.277 e. The SMILES string of the molecule is C=CCC(c1ccccc1)[N+]1=CNCC1. The highest BCUT2D eigenvalue weighted by Gasteiger charge is 2.20. The molecule has 78 valence electrons. The van der Waals surface area contributed by atoms with E-state index in [2.05, 4.69) is 53.1 Å². The zero-order valence-corrected chi connectivity index (χ0v) is 8.89. The lowest BCUT2D eigenvalue weighted by Crippen LogP contribution is -2.17. The summed E-state index contributed by atoms with van der Waals surface area (Å²) in [7, 11) is 0. The molecular weight excluding hydrogens is 184 g/mol. The first-order valence-corrected chi connectivity index (χ1v) is 5.40. The van der Waals surface area contributed by atoms with Gasteiger partial charge in [-0.3, -0.25) is 9.89 Å². The van der Waals surface area contributed by atoms with Crippen LogP contribution in [0.4, 0.5) is 0 Å². The van der Waals surface area contributed by atoms with Crippen LogP contribution in [0, 0.1) is 0 Å². The van der Waals surface area contributed by atoms with Crippen LogP contribution in [-0.4, -0.2) is 24.0 Å². The molecule has 15 heavy (non-hydrogen) atoms. The van der Waals surface area contributed by atoms with Gasteiger partial charge in [-0.25, -0.2) is 0 Å². The van der Waals surface area contributed by atoms with Gasteiger partial charge in [0.05, 0.1) is 0 Å². The molecule has 0 saturated heterocycles. The Balaban J connectivity index is 2.23. The molecule has 1 aromatic rings. The van der Waals surface area contributed by atoms with Crippen molar-refractivity contribution in [2.75, 3.05) is 13.1 Å². The standard InChI is InChI=1S/C13H16N2/c1-2-6-13(15-10-9-14-11-15)12-7-4-3-5-8-12/h2-5,7-8,11,13H,1,6,9-10H2/p+1. The quantitative estimate of drug-likeness (QED) is 0.581. The third-order valence-corrected chi connectivity index (χ3v) is 2.75. The van der Waals surface area contributed by atoms with E-state index in [4.69, 9.17) is 0 Å². The highest BCUT2D eigenvalue weighted by Crippen LogP contribution is 2.21. The third-order valence-electron chi connectivity index (χ3n) is 2.75. The lowest BCUT2D eigenvalue weighted by atomic mass is 10.0. The Labute approximate surface area is 90.9 Å². The summed E-state index contributed by atoms with van der Waals surface area (Å²) in [6, 6.07) is 11.0. The highest BCUT2D eigenvalue weighted by molar-refractivity contribution is 5.49. The summed E-state index contributed by atoms with van der Waals surface area (Å²) in [5.41, 5.74) is 1.36. The van der Waals surface area contributed by atoms with Crippen LogP contribution in [0.2, 0.25) is 0 Å². The third kappa shape index (κ3) is 2.27. The first-order chi connectivity index (χ1) is 7.42. The minimum atomic E-state index is 0.429. The first kappa shape index (κ1) is 9.97. The second-order valence-electron chi connectivity index (χ2n) is 3.77. The van der Waals surface area contributed by atoms with Crippen molar-refractivity contribution in [2.24, 2.45) is 0 Å². The van der Waals surface area contributed by atoms with Gasteiger partial charge in [0.15, 0.2) is 0 Å². The number of hydrogen-bond acceptors (Lipinski definition) is 1. The van der Waals surface area contributed by atoms with Gasteiger partial charge in [0.1, 0.15) is 19.1 Å². The van der Waals surface area contributed by atoms with E-state index in [1.165, 1.54) is 5.56 Å². The lowest BCUT2D eigenvalue weighted by Gasteiger charge is -2.14. The van der Waals surface area contributed by atoms with E-state index in [1.807, 2.05) is 6.08 Å². The smallest absolute Gasteiger partial charge is 0.232 e. The topological polar surface area (TPSA) is 15.0 Å². The van der Waals surface area contributed by atoms with Gasteiger partial charge < -0.3 is 0 Å². The molecule has 1 atom stereocenters. The minimum absolute atomic E-state index is 0.429. The molecule has 0 saturated carbocycles. The van der Waals surface area contributed by atoms with Crippen LogP contribution < -0.4 is 5.32 Å². The Bertz CT molecular complexity index is 354. The predicted octanol–water partition coefficient (Wildman–Crippen LogP) is 1.95. The second kappa shape index (κ2) is 4.78. The van der Waals surface area contributed by atoms with E-state index >= 15 is 0 Å². The van der Waals surface area contributed by atoms with Crippen molar-refractivity contribution in [3.8, 4) is 0 Å². The van der Waals surface area contributed by atoms with Crippen LogP contribution in [0.3, 0.4) is 0 Å². The highest BCUT2D eigenvalue weighted by atomic mass is 15.2. The van der Waals surface area contributed by atoms with Crippen molar-refractivity contribution in [1.29, 1.82) is 0 Å². The monoisotopic (exact) mass is 201 g/mol. The molecule has 2 heteroatoms. The maximum atomic E-state index is 3.84. The second-order valence-corrected chi connectivity index (χ2v) is 3.77. The number of nitrogens with one attached hydrogen (secondary N) is 1. The van der Waals surface area contributed by atoms with Crippen LogP contribution in [0.15, 0.2) is 43.0 Å². The Hall–Kier alpha value is -1.57. The van der Waals surface area contributed by atoms with Crippen molar-refractivity contribution in [1.82, 2.24) is 5.32 Å². The van der Waals surface area contributed by atoms with Gasteiger partial charge in [0.2, 0.25) is 6.34 Å². The van der Waals surface area contributed by atoms with Crippen molar-refractivity contribution < 1.29 is 4.58 Å². The molecule has 0 radical (unpaired) electrons. The van der Waals surface area contributed by atoms with Gasteiger partial charge >= 0.3 is 0 Å². The summed E-state index contributed by atoms with van der Waals surface area (Å²) in [6.07, 6.45) is 5.06. The van der Waals surface area contributed by atoms with Crippen molar-refractivity contribution >= 4 is 6.34 Å². The molecule has 0 spiro atoms. The zero-order valence-electron chi connectivity index (χ0n) is 8.89. The molecule has 1 aromatic carbocycles. The van der Waals surface area contributed by atoms with Crippen molar-refractivity contribution in [2.45, 2.75) is 12.5 Å².